The van der Waals surface area contributed by atoms with Crippen LogP contribution in [0, 0.1) is 18.8 Å². The number of unbranched alkanes of at least 4 members (excludes halogenated alkanes) is 1. The maximum atomic E-state index is 10.7. The number of carbonyl (C=O) groups excluding carboxylic acids is 1. The SMILES string of the molecule is Cc1sc(CC[C@H](O)C=C[C@@H]2[C@@H](CC=CCCCC(N)=O)[C@@H](O)C[C@H]2O)cc1Cl. The minimum Gasteiger partial charge on any atom is -0.393 e. The normalized spacial score (nSPS) is 26.0. The molecule has 1 amide bonds. The number of aryl methyl sites for hydroxylation is 2. The van der Waals surface area contributed by atoms with E-state index in [1.165, 1.54) is 0 Å². The second kappa shape index (κ2) is 11.9. The van der Waals surface area contributed by atoms with Crippen LogP contribution < -0.4 is 5.73 Å². The van der Waals surface area contributed by atoms with Gasteiger partial charge >= 0.3 is 0 Å². The Labute approximate surface area is 181 Å². The molecule has 7 heteroatoms. The van der Waals surface area contributed by atoms with E-state index in [4.69, 9.17) is 17.3 Å². The van der Waals surface area contributed by atoms with E-state index in [9.17, 15) is 20.1 Å². The van der Waals surface area contributed by atoms with Gasteiger partial charge < -0.3 is 21.1 Å². The molecule has 1 fully saturated rings. The number of nitrogens with two attached hydrogens (primary N) is 1. The molecular formula is C22H32ClNO4S. The summed E-state index contributed by atoms with van der Waals surface area (Å²) in [6.45, 7) is 1.98. The molecule has 162 valence electrons. The molecule has 0 aliphatic heterocycles. The van der Waals surface area contributed by atoms with Crippen molar-refractivity contribution in [3.8, 4) is 0 Å². The van der Waals surface area contributed by atoms with E-state index in [0.717, 1.165) is 27.6 Å². The highest BCUT2D eigenvalue weighted by Gasteiger charge is 2.39. The van der Waals surface area contributed by atoms with Gasteiger partial charge in [0.05, 0.1) is 23.3 Å². The third-order valence-electron chi connectivity index (χ3n) is 5.43. The van der Waals surface area contributed by atoms with Crippen LogP contribution in [0.2, 0.25) is 5.02 Å². The Kier molecular flexibility index (Phi) is 9.86. The summed E-state index contributed by atoms with van der Waals surface area (Å²) in [7, 11) is 0. The molecule has 0 saturated heterocycles. The zero-order valence-corrected chi connectivity index (χ0v) is 18.4. The Morgan fingerprint density at radius 2 is 2.14 bits per heavy atom. The first-order chi connectivity index (χ1) is 13.8. The molecule has 1 saturated carbocycles. The van der Waals surface area contributed by atoms with Crippen LogP contribution in [0.15, 0.2) is 30.4 Å². The number of amides is 1. The summed E-state index contributed by atoms with van der Waals surface area (Å²) in [5.74, 6) is -0.568. The van der Waals surface area contributed by atoms with Crippen LogP contribution >= 0.6 is 22.9 Å². The van der Waals surface area contributed by atoms with E-state index >= 15 is 0 Å². The molecule has 0 radical (unpaired) electrons. The first-order valence-corrected chi connectivity index (χ1v) is 11.4. The van der Waals surface area contributed by atoms with Crippen molar-refractivity contribution < 1.29 is 20.1 Å². The summed E-state index contributed by atoms with van der Waals surface area (Å²) in [5.41, 5.74) is 5.12. The van der Waals surface area contributed by atoms with Crippen molar-refractivity contribution in [1.29, 1.82) is 0 Å². The van der Waals surface area contributed by atoms with E-state index < -0.39 is 18.3 Å². The van der Waals surface area contributed by atoms with Gasteiger partial charge in [0, 0.05) is 28.5 Å². The topological polar surface area (TPSA) is 104 Å². The predicted octanol–water partition coefficient (Wildman–Crippen LogP) is 3.52. The van der Waals surface area contributed by atoms with Gasteiger partial charge in [-0.25, -0.2) is 0 Å². The number of thiophene rings is 1. The number of hydrogen-bond acceptors (Lipinski definition) is 5. The van der Waals surface area contributed by atoms with Gasteiger partial charge in [-0.2, -0.15) is 0 Å². The van der Waals surface area contributed by atoms with Crippen LogP contribution in [0.3, 0.4) is 0 Å². The van der Waals surface area contributed by atoms with Gasteiger partial charge in [0.1, 0.15) is 0 Å². The fourth-order valence-corrected chi connectivity index (χ4v) is 5.01. The summed E-state index contributed by atoms with van der Waals surface area (Å²) in [5, 5.41) is 31.7. The van der Waals surface area contributed by atoms with Gasteiger partial charge in [-0.1, -0.05) is 35.9 Å². The van der Waals surface area contributed by atoms with Crippen LogP contribution in [0.4, 0.5) is 0 Å². The van der Waals surface area contributed by atoms with E-state index in [1.54, 1.807) is 17.4 Å². The predicted molar refractivity (Wildman–Crippen MR) is 118 cm³/mol. The minimum atomic E-state index is -0.611. The lowest BCUT2D eigenvalue weighted by atomic mass is 9.89. The molecular weight excluding hydrogens is 410 g/mol. The van der Waals surface area contributed by atoms with Gasteiger partial charge in [0.15, 0.2) is 0 Å². The number of carbonyl (C=O) groups is 1. The molecule has 1 aliphatic rings. The molecule has 0 unspecified atom stereocenters. The lowest BCUT2D eigenvalue weighted by Crippen LogP contribution is -2.20. The van der Waals surface area contributed by atoms with Crippen LogP contribution in [-0.2, 0) is 11.2 Å². The average molecular weight is 442 g/mol. The number of rotatable bonds is 11. The number of hydrogen-bond donors (Lipinski definition) is 4. The number of allylic oxidation sites excluding steroid dienone is 2. The average Bonchev–Trinajstić information content (AvgIpc) is 3.11. The fourth-order valence-electron chi connectivity index (χ4n) is 3.76. The van der Waals surface area contributed by atoms with Gasteiger partial charge in [-0.3, -0.25) is 4.79 Å². The highest BCUT2D eigenvalue weighted by atomic mass is 35.5. The van der Waals surface area contributed by atoms with E-state index in [-0.39, 0.29) is 17.7 Å². The lowest BCUT2D eigenvalue weighted by Gasteiger charge is -2.19. The maximum absolute atomic E-state index is 10.7. The summed E-state index contributed by atoms with van der Waals surface area (Å²) in [6.07, 6.45) is 9.96. The second-order valence-corrected chi connectivity index (χ2v) is 9.53. The molecule has 0 spiro atoms. The molecule has 29 heavy (non-hydrogen) atoms. The molecule has 0 aromatic carbocycles. The summed E-state index contributed by atoms with van der Waals surface area (Å²) >= 11 is 7.72. The summed E-state index contributed by atoms with van der Waals surface area (Å²) < 4.78 is 0. The largest absolute Gasteiger partial charge is 0.393 e. The Bertz CT molecular complexity index is 698. The van der Waals surface area contributed by atoms with Crippen LogP contribution in [0.1, 0.15) is 48.3 Å². The zero-order chi connectivity index (χ0) is 21.4. The third kappa shape index (κ3) is 7.87. The molecule has 2 rings (SSSR count). The van der Waals surface area contributed by atoms with Gasteiger partial charge in [-0.05, 0) is 51.0 Å². The van der Waals surface area contributed by atoms with Crippen molar-refractivity contribution in [2.24, 2.45) is 17.6 Å². The first-order valence-electron chi connectivity index (χ1n) is 10.2. The first kappa shape index (κ1) is 24.1. The van der Waals surface area contributed by atoms with E-state index in [1.807, 2.05) is 31.2 Å². The van der Waals surface area contributed by atoms with Crippen molar-refractivity contribution >= 4 is 28.8 Å². The van der Waals surface area contributed by atoms with E-state index in [0.29, 0.717) is 32.1 Å². The second-order valence-electron chi connectivity index (χ2n) is 7.79. The number of aliphatic hydroxyl groups is 3. The molecule has 1 heterocycles. The minimum absolute atomic E-state index is 0.0837. The number of primary amides is 1. The maximum Gasteiger partial charge on any atom is 0.217 e. The fraction of sp³-hybridized carbons (Fsp3) is 0.591. The van der Waals surface area contributed by atoms with Crippen molar-refractivity contribution in [2.45, 2.75) is 70.2 Å². The molecule has 5 atom stereocenters. The van der Waals surface area contributed by atoms with Gasteiger partial charge in [0.25, 0.3) is 0 Å². The Hall–Kier alpha value is -1.18. The van der Waals surface area contributed by atoms with Crippen molar-refractivity contribution in [3.05, 3.63) is 45.1 Å². The quantitative estimate of drug-likeness (QED) is 0.311. The summed E-state index contributed by atoms with van der Waals surface area (Å²) in [6, 6.07) is 1.95. The molecule has 1 aliphatic carbocycles. The number of halogens is 1. The van der Waals surface area contributed by atoms with Crippen molar-refractivity contribution in [3.63, 3.8) is 0 Å². The smallest absolute Gasteiger partial charge is 0.217 e. The van der Waals surface area contributed by atoms with Crippen LogP contribution in [-0.4, -0.2) is 39.5 Å². The standard InChI is InChI=1S/C22H32ClNO4S/c1-14-19(23)12-16(29-14)10-8-15(25)9-11-18-17(20(26)13-21(18)27)6-4-2-3-5-7-22(24)28/h2,4,9,11-12,15,17-18,20-21,25-27H,3,5-8,10,13H2,1H3,(H2,24,28)/t15-,17+,18+,20-,21+/m0/s1. The molecule has 1 aromatic rings. The highest BCUT2D eigenvalue weighted by molar-refractivity contribution is 7.12. The zero-order valence-electron chi connectivity index (χ0n) is 16.8. The Morgan fingerprint density at radius 1 is 1.38 bits per heavy atom. The highest BCUT2D eigenvalue weighted by Crippen LogP contribution is 2.36. The van der Waals surface area contributed by atoms with Gasteiger partial charge in [0.2, 0.25) is 5.91 Å². The molecule has 1 aromatic heterocycles. The molecule has 5 nitrogen and oxygen atoms in total. The number of aliphatic hydroxyl groups excluding tert-OH is 3. The Balaban J connectivity index is 1.83. The van der Waals surface area contributed by atoms with E-state index in [2.05, 4.69) is 0 Å². The third-order valence-corrected chi connectivity index (χ3v) is 7.05. The molecule has 5 N–H and O–H groups in total. The van der Waals surface area contributed by atoms with Gasteiger partial charge in [-0.15, -0.1) is 11.3 Å². The summed E-state index contributed by atoms with van der Waals surface area (Å²) in [4.78, 5) is 13.0. The van der Waals surface area contributed by atoms with Crippen LogP contribution in [0.5, 0.6) is 0 Å². The monoisotopic (exact) mass is 441 g/mol. The lowest BCUT2D eigenvalue weighted by molar-refractivity contribution is -0.118. The van der Waals surface area contributed by atoms with Crippen LogP contribution in [0.25, 0.3) is 0 Å². The van der Waals surface area contributed by atoms with Crippen molar-refractivity contribution in [2.75, 3.05) is 0 Å². The Morgan fingerprint density at radius 3 is 2.79 bits per heavy atom. The van der Waals surface area contributed by atoms with Crippen molar-refractivity contribution in [1.82, 2.24) is 0 Å². The molecule has 0 bridgehead atoms.